The highest BCUT2D eigenvalue weighted by Crippen LogP contribution is 2.25. The maximum absolute atomic E-state index is 12.2. The van der Waals surface area contributed by atoms with E-state index >= 15 is 0 Å². The van der Waals surface area contributed by atoms with Crippen LogP contribution < -0.4 is 9.47 Å². The monoisotopic (exact) mass is 264 g/mol. The average molecular weight is 264 g/mol. The molecule has 1 aromatic carbocycles. The first-order valence-electron chi connectivity index (χ1n) is 6.31. The standard InChI is InChI=1S/C15H20O4/c1-5-10(2)13(16)9-14(17)12-8-11(18-3)6-7-15(12)19-4/h6-8,10H,5,9H2,1-4H3. The normalized spacial score (nSPS) is 11.8. The van der Waals surface area contributed by atoms with Crippen LogP contribution in [-0.2, 0) is 4.79 Å². The number of benzene rings is 1. The maximum Gasteiger partial charge on any atom is 0.174 e. The largest absolute Gasteiger partial charge is 0.497 e. The lowest BCUT2D eigenvalue weighted by atomic mass is 9.96. The van der Waals surface area contributed by atoms with Crippen LogP contribution in [0.1, 0.15) is 37.0 Å². The molecule has 19 heavy (non-hydrogen) atoms. The Kier molecular flexibility index (Phi) is 5.55. The lowest BCUT2D eigenvalue weighted by molar-refractivity contribution is -0.121. The summed E-state index contributed by atoms with van der Waals surface area (Å²) in [5, 5.41) is 0. The van der Waals surface area contributed by atoms with Gasteiger partial charge in [-0.2, -0.15) is 0 Å². The molecule has 104 valence electrons. The zero-order valence-corrected chi connectivity index (χ0v) is 11.9. The molecule has 0 aliphatic rings. The SMILES string of the molecule is CCC(C)C(=O)CC(=O)c1cc(OC)ccc1OC. The number of carbonyl (C=O) groups is 2. The zero-order valence-electron chi connectivity index (χ0n) is 11.9. The molecule has 1 rings (SSSR count). The minimum atomic E-state index is -0.235. The van der Waals surface area contributed by atoms with E-state index in [9.17, 15) is 9.59 Å². The number of ketones is 2. The molecule has 0 bridgehead atoms. The van der Waals surface area contributed by atoms with Gasteiger partial charge in [0.05, 0.1) is 26.2 Å². The van der Waals surface area contributed by atoms with E-state index in [2.05, 4.69) is 0 Å². The topological polar surface area (TPSA) is 52.6 Å². The first kappa shape index (κ1) is 15.2. The average Bonchev–Trinajstić information content (AvgIpc) is 2.45. The van der Waals surface area contributed by atoms with Crippen molar-refractivity contribution in [1.82, 2.24) is 0 Å². The summed E-state index contributed by atoms with van der Waals surface area (Å²) >= 11 is 0. The molecule has 0 aliphatic heterocycles. The second kappa shape index (κ2) is 6.92. The Morgan fingerprint density at radius 1 is 1.21 bits per heavy atom. The number of Topliss-reactive ketones (excluding diaryl/α,β-unsaturated/α-hetero) is 2. The van der Waals surface area contributed by atoms with Gasteiger partial charge in [-0.25, -0.2) is 0 Å². The van der Waals surface area contributed by atoms with Gasteiger partial charge < -0.3 is 9.47 Å². The molecule has 4 nitrogen and oxygen atoms in total. The molecular weight excluding hydrogens is 244 g/mol. The summed E-state index contributed by atoms with van der Waals surface area (Å²) in [4.78, 5) is 24.0. The highest BCUT2D eigenvalue weighted by molar-refractivity contribution is 6.10. The van der Waals surface area contributed by atoms with Gasteiger partial charge in [-0.15, -0.1) is 0 Å². The highest BCUT2D eigenvalue weighted by atomic mass is 16.5. The minimum Gasteiger partial charge on any atom is -0.497 e. The van der Waals surface area contributed by atoms with Gasteiger partial charge in [0.15, 0.2) is 5.78 Å². The molecule has 1 unspecified atom stereocenters. The molecule has 0 fully saturated rings. The molecular formula is C15H20O4. The third-order valence-corrected chi connectivity index (χ3v) is 3.20. The number of hydrogen-bond donors (Lipinski definition) is 0. The van der Waals surface area contributed by atoms with Gasteiger partial charge in [0.25, 0.3) is 0 Å². The lowest BCUT2D eigenvalue weighted by Gasteiger charge is -2.11. The van der Waals surface area contributed by atoms with Gasteiger partial charge in [-0.1, -0.05) is 13.8 Å². The highest BCUT2D eigenvalue weighted by Gasteiger charge is 2.19. The summed E-state index contributed by atoms with van der Waals surface area (Å²) in [5.74, 6) is 0.655. The fourth-order valence-electron chi connectivity index (χ4n) is 1.69. The van der Waals surface area contributed by atoms with Crippen molar-refractivity contribution in [3.63, 3.8) is 0 Å². The van der Waals surface area contributed by atoms with Crippen molar-refractivity contribution in [1.29, 1.82) is 0 Å². The fraction of sp³-hybridized carbons (Fsp3) is 0.467. The van der Waals surface area contributed by atoms with Crippen LogP contribution in [0.3, 0.4) is 0 Å². The molecule has 4 heteroatoms. The Balaban J connectivity index is 2.95. The van der Waals surface area contributed by atoms with Crippen LogP contribution in [0.15, 0.2) is 18.2 Å². The molecule has 0 aromatic heterocycles. The van der Waals surface area contributed by atoms with Crippen molar-refractivity contribution < 1.29 is 19.1 Å². The molecule has 0 aliphatic carbocycles. The fourth-order valence-corrected chi connectivity index (χ4v) is 1.69. The van der Waals surface area contributed by atoms with E-state index in [-0.39, 0.29) is 23.9 Å². The summed E-state index contributed by atoms with van der Waals surface area (Å²) in [6.07, 6.45) is 0.639. The van der Waals surface area contributed by atoms with Crippen LogP contribution in [-0.4, -0.2) is 25.8 Å². The van der Waals surface area contributed by atoms with E-state index in [1.807, 2.05) is 13.8 Å². The molecule has 0 saturated heterocycles. The maximum atomic E-state index is 12.2. The Labute approximate surface area is 113 Å². The summed E-state index contributed by atoms with van der Waals surface area (Å²) in [6.45, 7) is 3.76. The van der Waals surface area contributed by atoms with Gasteiger partial charge in [-0.3, -0.25) is 9.59 Å². The van der Waals surface area contributed by atoms with E-state index in [4.69, 9.17) is 9.47 Å². The predicted molar refractivity (Wildman–Crippen MR) is 73.0 cm³/mol. The molecule has 0 saturated carbocycles. The second-order valence-corrected chi connectivity index (χ2v) is 4.44. The van der Waals surface area contributed by atoms with E-state index in [0.29, 0.717) is 17.1 Å². The lowest BCUT2D eigenvalue weighted by Crippen LogP contribution is -2.15. The van der Waals surface area contributed by atoms with Crippen LogP contribution in [0.2, 0.25) is 0 Å². The summed E-state index contributed by atoms with van der Waals surface area (Å²) in [7, 11) is 3.02. The molecule has 0 amide bonds. The Hall–Kier alpha value is -1.84. The molecule has 0 heterocycles. The van der Waals surface area contributed by atoms with Crippen molar-refractivity contribution in [2.75, 3.05) is 14.2 Å². The Bertz CT molecular complexity index is 465. The van der Waals surface area contributed by atoms with E-state index < -0.39 is 0 Å². The van der Waals surface area contributed by atoms with E-state index in [0.717, 1.165) is 6.42 Å². The first-order chi connectivity index (χ1) is 9.03. The van der Waals surface area contributed by atoms with Crippen LogP contribution in [0, 0.1) is 5.92 Å². The van der Waals surface area contributed by atoms with Crippen LogP contribution in [0.4, 0.5) is 0 Å². The Morgan fingerprint density at radius 2 is 1.89 bits per heavy atom. The van der Waals surface area contributed by atoms with Gasteiger partial charge in [0, 0.05) is 5.92 Å². The van der Waals surface area contributed by atoms with Crippen molar-refractivity contribution in [3.8, 4) is 11.5 Å². The molecule has 0 spiro atoms. The third-order valence-electron chi connectivity index (χ3n) is 3.20. The number of ether oxygens (including phenoxy) is 2. The number of carbonyl (C=O) groups excluding carboxylic acids is 2. The minimum absolute atomic E-state index is 0.0441. The smallest absolute Gasteiger partial charge is 0.174 e. The second-order valence-electron chi connectivity index (χ2n) is 4.44. The van der Waals surface area contributed by atoms with Gasteiger partial charge in [0.1, 0.15) is 17.3 Å². The number of rotatable bonds is 7. The van der Waals surface area contributed by atoms with E-state index in [1.54, 1.807) is 18.2 Å². The van der Waals surface area contributed by atoms with Gasteiger partial charge in [-0.05, 0) is 24.6 Å². The summed E-state index contributed by atoms with van der Waals surface area (Å²) in [5.41, 5.74) is 0.388. The van der Waals surface area contributed by atoms with Crippen molar-refractivity contribution >= 4 is 11.6 Å². The third kappa shape index (κ3) is 3.81. The predicted octanol–water partition coefficient (Wildman–Crippen LogP) is 2.89. The summed E-state index contributed by atoms with van der Waals surface area (Å²) < 4.78 is 10.2. The molecule has 1 atom stereocenters. The molecule has 0 radical (unpaired) electrons. The van der Waals surface area contributed by atoms with Crippen molar-refractivity contribution in [2.24, 2.45) is 5.92 Å². The Morgan fingerprint density at radius 3 is 2.42 bits per heavy atom. The number of methoxy groups -OCH3 is 2. The van der Waals surface area contributed by atoms with Gasteiger partial charge in [0.2, 0.25) is 0 Å². The first-order valence-corrected chi connectivity index (χ1v) is 6.31. The van der Waals surface area contributed by atoms with Crippen molar-refractivity contribution in [2.45, 2.75) is 26.7 Å². The quantitative estimate of drug-likeness (QED) is 0.561. The molecule has 0 N–H and O–H groups in total. The van der Waals surface area contributed by atoms with Crippen LogP contribution in [0.5, 0.6) is 11.5 Å². The zero-order chi connectivity index (χ0) is 14.4. The van der Waals surface area contributed by atoms with Crippen LogP contribution >= 0.6 is 0 Å². The summed E-state index contributed by atoms with van der Waals surface area (Å²) in [6, 6.07) is 4.98. The number of hydrogen-bond acceptors (Lipinski definition) is 4. The van der Waals surface area contributed by atoms with Crippen LogP contribution in [0.25, 0.3) is 0 Å². The van der Waals surface area contributed by atoms with Gasteiger partial charge >= 0.3 is 0 Å². The van der Waals surface area contributed by atoms with Crippen molar-refractivity contribution in [3.05, 3.63) is 23.8 Å². The van der Waals surface area contributed by atoms with E-state index in [1.165, 1.54) is 14.2 Å². The molecule has 1 aromatic rings.